The second-order valence-electron chi connectivity index (χ2n) is 10.6. The molecule has 0 spiro atoms. The standard InChI is InChI=1S/C36H37N6O6P/c1-4-17-31-30(37-2)26-41(36(43)46-3)34-32(42(44)45)33(38-35(39-34)48-25-16-8-15-24-47-31)40-49(27-18-9-5-10-19-27,28-20-11-6-12-21-28)29-22-13-7-14-23-29/h5-14,16-23H,4,15,24-26H2,1-3H3/b16-8+,31-17+,37-30?. The molecule has 1 aromatic heterocycles. The van der Waals surface area contributed by atoms with Crippen molar-refractivity contribution in [1.29, 1.82) is 0 Å². The largest absolute Gasteiger partial charge is 0.492 e. The molecule has 0 fully saturated rings. The number of nitrogens with zero attached hydrogens (tertiary/aromatic N) is 6. The summed E-state index contributed by atoms with van der Waals surface area (Å²) in [4.78, 5) is 40.5. The Morgan fingerprint density at radius 1 is 0.959 bits per heavy atom. The molecular formula is C36H37N6O6P. The molecule has 0 saturated carbocycles. The van der Waals surface area contributed by atoms with Crippen LogP contribution in [0.1, 0.15) is 19.8 Å². The predicted octanol–water partition coefficient (Wildman–Crippen LogP) is 6.49. The van der Waals surface area contributed by atoms with Gasteiger partial charge in [-0.05, 0) is 18.9 Å². The van der Waals surface area contributed by atoms with E-state index in [4.69, 9.17) is 19.0 Å². The van der Waals surface area contributed by atoms with Crippen LogP contribution in [0.25, 0.3) is 0 Å². The van der Waals surface area contributed by atoms with E-state index in [9.17, 15) is 14.9 Å². The van der Waals surface area contributed by atoms with Crippen molar-refractivity contribution in [2.75, 3.05) is 38.8 Å². The molecule has 4 aromatic rings. The first-order valence-corrected chi connectivity index (χ1v) is 17.4. The monoisotopic (exact) mass is 680 g/mol. The van der Waals surface area contributed by atoms with E-state index in [0.717, 1.165) is 20.8 Å². The third kappa shape index (κ3) is 7.76. The van der Waals surface area contributed by atoms with Gasteiger partial charge in [-0.3, -0.25) is 15.1 Å². The Labute approximate surface area is 285 Å². The minimum absolute atomic E-state index is 0.0601. The van der Waals surface area contributed by atoms with Crippen molar-refractivity contribution < 1.29 is 23.9 Å². The van der Waals surface area contributed by atoms with E-state index in [1.165, 1.54) is 7.11 Å². The fourth-order valence-corrected chi connectivity index (χ4v) is 8.80. The van der Waals surface area contributed by atoms with E-state index in [1.54, 1.807) is 13.1 Å². The van der Waals surface area contributed by atoms with Crippen molar-refractivity contribution in [1.82, 2.24) is 9.97 Å². The molecule has 13 heteroatoms. The first kappa shape index (κ1) is 34.7. The number of carbonyl (C=O) groups is 1. The third-order valence-electron chi connectivity index (χ3n) is 7.56. The number of carbonyl (C=O) groups excluding carboxylic acids is 1. The molecule has 49 heavy (non-hydrogen) atoms. The summed E-state index contributed by atoms with van der Waals surface area (Å²) >= 11 is 0. The minimum atomic E-state index is -3.05. The van der Waals surface area contributed by atoms with Crippen molar-refractivity contribution >= 4 is 52.1 Å². The normalized spacial score (nSPS) is 16.2. The van der Waals surface area contributed by atoms with Crippen molar-refractivity contribution in [2.45, 2.75) is 19.8 Å². The van der Waals surface area contributed by atoms with Crippen LogP contribution < -0.4 is 25.6 Å². The lowest BCUT2D eigenvalue weighted by molar-refractivity contribution is -0.383. The number of rotatable bonds is 6. The van der Waals surface area contributed by atoms with Crippen LogP contribution in [0.5, 0.6) is 6.01 Å². The second-order valence-corrected chi connectivity index (χ2v) is 13.6. The molecule has 3 aromatic carbocycles. The molecule has 0 radical (unpaired) electrons. The molecule has 2 heterocycles. The van der Waals surface area contributed by atoms with E-state index in [0.29, 0.717) is 30.9 Å². The fourth-order valence-electron chi connectivity index (χ4n) is 5.33. The van der Waals surface area contributed by atoms with Gasteiger partial charge in [-0.15, -0.1) is 0 Å². The first-order chi connectivity index (χ1) is 23.9. The van der Waals surface area contributed by atoms with Crippen LogP contribution in [-0.4, -0.2) is 60.6 Å². The van der Waals surface area contributed by atoms with Gasteiger partial charge in [-0.25, -0.2) is 14.4 Å². The number of aromatic nitrogens is 2. The van der Waals surface area contributed by atoms with Gasteiger partial charge in [-0.2, -0.15) is 9.97 Å². The van der Waals surface area contributed by atoms with Crippen LogP contribution in [0.2, 0.25) is 0 Å². The molecule has 0 unspecified atom stereocenters. The zero-order valence-corrected chi connectivity index (χ0v) is 28.4. The van der Waals surface area contributed by atoms with Crippen LogP contribution >= 0.6 is 7.05 Å². The number of hydrogen-bond donors (Lipinski definition) is 0. The first-order valence-electron chi connectivity index (χ1n) is 15.7. The van der Waals surface area contributed by atoms with Gasteiger partial charge in [0.1, 0.15) is 12.4 Å². The lowest BCUT2D eigenvalue weighted by Gasteiger charge is -2.27. The van der Waals surface area contributed by atoms with Crippen LogP contribution in [0.3, 0.4) is 0 Å². The molecule has 1 amide bonds. The van der Waals surface area contributed by atoms with E-state index < -0.39 is 23.8 Å². The highest BCUT2D eigenvalue weighted by atomic mass is 31.2. The van der Waals surface area contributed by atoms with Crippen molar-refractivity contribution in [3.05, 3.63) is 125 Å². The van der Waals surface area contributed by atoms with Gasteiger partial charge in [0.05, 0.1) is 38.0 Å². The van der Waals surface area contributed by atoms with Gasteiger partial charge >= 0.3 is 17.8 Å². The number of ether oxygens (including phenoxy) is 3. The molecule has 0 saturated heterocycles. The fraction of sp³-hybridized carbons (Fsp3) is 0.222. The second kappa shape index (κ2) is 16.5. The van der Waals surface area contributed by atoms with E-state index in [1.807, 2.05) is 110 Å². The Kier molecular flexibility index (Phi) is 11.7. The molecule has 1 aliphatic heterocycles. The van der Waals surface area contributed by atoms with Crippen molar-refractivity contribution in [2.24, 2.45) is 9.74 Å². The molecule has 252 valence electrons. The SMILES string of the molecule is CC/C=C1/OCC/C=C/COc2nc(N=P(c3ccccc3)(c3ccccc3)c3ccccc3)c([N+](=O)[O-])c(n2)N(C(=O)OC)CC1=NC. The van der Waals surface area contributed by atoms with Crippen molar-refractivity contribution in [3.8, 4) is 6.01 Å². The van der Waals surface area contributed by atoms with Gasteiger partial charge < -0.3 is 14.2 Å². The average molecular weight is 681 g/mol. The number of methoxy groups -OCH3 is 1. The van der Waals surface area contributed by atoms with Crippen molar-refractivity contribution in [3.63, 3.8) is 0 Å². The Hall–Kier alpha value is -5.61. The number of anilines is 1. The average Bonchev–Trinajstić information content (AvgIpc) is 3.13. The molecule has 1 aliphatic rings. The zero-order valence-electron chi connectivity index (χ0n) is 27.5. The molecule has 0 atom stereocenters. The Morgan fingerprint density at radius 2 is 1.55 bits per heavy atom. The predicted molar refractivity (Wildman–Crippen MR) is 193 cm³/mol. The smallest absolute Gasteiger partial charge is 0.415 e. The molecule has 12 nitrogen and oxygen atoms in total. The Balaban J connectivity index is 1.91. The summed E-state index contributed by atoms with van der Waals surface area (Å²) in [6.45, 7) is 2.10. The molecule has 5 rings (SSSR count). The Bertz CT molecular complexity index is 1810. The number of fused-ring (bicyclic) bond motifs is 2. The van der Waals surface area contributed by atoms with E-state index >= 15 is 0 Å². The zero-order chi connectivity index (χ0) is 34.6. The molecule has 0 N–H and O–H groups in total. The van der Waals surface area contributed by atoms with Gasteiger partial charge in [0.2, 0.25) is 11.6 Å². The van der Waals surface area contributed by atoms with Crippen LogP contribution in [0, 0.1) is 10.1 Å². The number of amides is 1. The number of allylic oxidation sites excluding steroid dienone is 1. The Morgan fingerprint density at radius 3 is 2.06 bits per heavy atom. The summed E-state index contributed by atoms with van der Waals surface area (Å²) in [6.07, 6.45) is 5.82. The lowest BCUT2D eigenvalue weighted by atomic mass is 10.2. The van der Waals surface area contributed by atoms with Gasteiger partial charge in [0.15, 0.2) is 0 Å². The number of nitro groups is 1. The van der Waals surface area contributed by atoms with E-state index in [-0.39, 0.29) is 30.8 Å². The summed E-state index contributed by atoms with van der Waals surface area (Å²) in [6, 6.07) is 28.7. The molecule has 0 aliphatic carbocycles. The van der Waals surface area contributed by atoms with Gasteiger partial charge in [0, 0.05) is 23.0 Å². The highest BCUT2D eigenvalue weighted by molar-refractivity contribution is 7.87. The number of aliphatic imine (C=N–C) groups is 1. The number of hydrogen-bond acceptors (Lipinski definition) is 10. The third-order valence-corrected chi connectivity index (χ3v) is 11.2. The summed E-state index contributed by atoms with van der Waals surface area (Å²) in [5.41, 5.74) is -0.230. The highest BCUT2D eigenvalue weighted by Gasteiger charge is 2.37. The summed E-state index contributed by atoms with van der Waals surface area (Å²) in [5.74, 6) is -0.161. The summed E-state index contributed by atoms with van der Waals surface area (Å²) in [7, 11) is -0.309. The maximum atomic E-state index is 13.5. The molecule has 2 bridgehead atoms. The maximum absolute atomic E-state index is 13.5. The number of benzene rings is 3. The lowest BCUT2D eigenvalue weighted by Crippen LogP contribution is -2.38. The summed E-state index contributed by atoms with van der Waals surface area (Å²) < 4.78 is 22.4. The van der Waals surface area contributed by atoms with Crippen LogP contribution in [0.4, 0.5) is 22.1 Å². The molecular weight excluding hydrogens is 643 g/mol. The van der Waals surface area contributed by atoms with E-state index in [2.05, 4.69) is 15.0 Å². The van der Waals surface area contributed by atoms with Gasteiger partial charge in [0.25, 0.3) is 0 Å². The minimum Gasteiger partial charge on any atom is -0.492 e. The van der Waals surface area contributed by atoms with Crippen LogP contribution in [0.15, 0.2) is 125 Å². The highest BCUT2D eigenvalue weighted by Crippen LogP contribution is 2.51. The van der Waals surface area contributed by atoms with Crippen LogP contribution in [-0.2, 0) is 9.47 Å². The maximum Gasteiger partial charge on any atom is 0.415 e. The van der Waals surface area contributed by atoms with Gasteiger partial charge in [-0.1, -0.05) is 110 Å². The quantitative estimate of drug-likeness (QED) is 0.0975. The topological polar surface area (TPSA) is 142 Å². The summed E-state index contributed by atoms with van der Waals surface area (Å²) in [5, 5.41) is 15.7.